The van der Waals surface area contributed by atoms with E-state index in [2.05, 4.69) is 62.3 Å². The van der Waals surface area contributed by atoms with E-state index in [1.165, 1.54) is 6.42 Å². The van der Waals surface area contributed by atoms with E-state index >= 15 is 0 Å². The summed E-state index contributed by atoms with van der Waals surface area (Å²) < 4.78 is 0. The van der Waals surface area contributed by atoms with Crippen LogP contribution in [-0.4, -0.2) is 17.0 Å². The highest BCUT2D eigenvalue weighted by Crippen LogP contribution is 2.51. The normalized spacial score (nSPS) is 29.9. The van der Waals surface area contributed by atoms with E-state index in [4.69, 9.17) is 19.6 Å². The van der Waals surface area contributed by atoms with Crippen molar-refractivity contribution in [2.45, 2.75) is 137 Å². The Morgan fingerprint density at radius 3 is 1.67 bits per heavy atom. The summed E-state index contributed by atoms with van der Waals surface area (Å²) in [6.07, 6.45) is 8.82. The molecule has 0 aromatic heterocycles. The molecule has 0 spiro atoms. The van der Waals surface area contributed by atoms with E-state index in [0.29, 0.717) is 5.92 Å². The summed E-state index contributed by atoms with van der Waals surface area (Å²) in [7, 11) is 0. The number of hydrogen-bond donors (Lipinski definition) is 0. The van der Waals surface area contributed by atoms with Gasteiger partial charge in [0, 0.05) is 11.8 Å². The number of hydrogen-bond acceptors (Lipinski definition) is 4. The van der Waals surface area contributed by atoms with Crippen LogP contribution in [0.1, 0.15) is 120 Å². The van der Waals surface area contributed by atoms with Crippen molar-refractivity contribution in [1.29, 1.82) is 0 Å². The second kappa shape index (κ2) is 10.0. The van der Waals surface area contributed by atoms with Gasteiger partial charge in [0.1, 0.15) is 11.2 Å². The fraction of sp³-hybridized carbons (Fsp3) is 1.00. The Morgan fingerprint density at radius 1 is 0.852 bits per heavy atom. The fourth-order valence-corrected chi connectivity index (χ4v) is 3.96. The van der Waals surface area contributed by atoms with Crippen molar-refractivity contribution in [3.63, 3.8) is 0 Å². The van der Waals surface area contributed by atoms with Gasteiger partial charge in [-0.15, -0.1) is 0 Å². The molecule has 0 heterocycles. The third kappa shape index (κ3) is 5.91. The van der Waals surface area contributed by atoms with E-state index < -0.39 is 5.79 Å². The highest BCUT2D eigenvalue weighted by molar-refractivity contribution is 4.94. The van der Waals surface area contributed by atoms with Gasteiger partial charge in [-0.25, -0.2) is 9.78 Å². The van der Waals surface area contributed by atoms with Crippen molar-refractivity contribution in [3.05, 3.63) is 0 Å². The maximum absolute atomic E-state index is 6.24. The minimum Gasteiger partial charge on any atom is -0.227 e. The van der Waals surface area contributed by atoms with Crippen LogP contribution in [0.4, 0.5) is 0 Å². The molecule has 4 nitrogen and oxygen atoms in total. The van der Waals surface area contributed by atoms with E-state index in [1.54, 1.807) is 0 Å². The molecule has 1 saturated carbocycles. The molecule has 1 aliphatic carbocycles. The van der Waals surface area contributed by atoms with Gasteiger partial charge >= 0.3 is 0 Å². The molecule has 27 heavy (non-hydrogen) atoms. The molecule has 1 rings (SSSR count). The summed E-state index contributed by atoms with van der Waals surface area (Å²) in [5.41, 5.74) is -0.828. The van der Waals surface area contributed by atoms with Crippen LogP contribution in [0.25, 0.3) is 0 Å². The molecule has 1 fully saturated rings. The van der Waals surface area contributed by atoms with E-state index in [9.17, 15) is 0 Å². The van der Waals surface area contributed by atoms with Crippen LogP contribution in [0.5, 0.6) is 0 Å². The molecular weight excluding hydrogens is 340 g/mol. The SMILES string of the molecule is CCCC(C)(CC)OOC1(OOC(C)(CC)CCC)CCCC(C)C1(C)C. The summed E-state index contributed by atoms with van der Waals surface area (Å²) in [5.74, 6) is -0.435. The Balaban J connectivity index is 3.06. The van der Waals surface area contributed by atoms with Crippen molar-refractivity contribution in [3.8, 4) is 0 Å². The quantitative estimate of drug-likeness (QED) is 0.199. The van der Waals surface area contributed by atoms with Gasteiger partial charge in [0.05, 0.1) is 0 Å². The molecular formula is C23H46O4. The standard InChI is InChI=1S/C23H46O4/c1-10-16-21(8,12-3)24-26-23(18-14-15-19(5)20(23,6)7)27-25-22(9,13-4)17-11-2/h19H,10-18H2,1-9H3. The van der Waals surface area contributed by atoms with E-state index in [1.807, 2.05) is 0 Å². The molecule has 3 unspecified atom stereocenters. The first kappa shape index (κ1) is 24.9. The average Bonchev–Trinajstić information content (AvgIpc) is 2.63. The second-order valence-corrected chi connectivity index (χ2v) is 9.71. The fourth-order valence-electron chi connectivity index (χ4n) is 3.96. The summed E-state index contributed by atoms with van der Waals surface area (Å²) in [6.45, 7) is 19.6. The van der Waals surface area contributed by atoms with Crippen molar-refractivity contribution in [2.24, 2.45) is 11.3 Å². The van der Waals surface area contributed by atoms with Gasteiger partial charge in [0.2, 0.25) is 5.79 Å². The molecule has 0 radical (unpaired) electrons. The van der Waals surface area contributed by atoms with Crippen LogP contribution >= 0.6 is 0 Å². The molecule has 0 bridgehead atoms. The zero-order valence-electron chi connectivity index (χ0n) is 19.6. The lowest BCUT2D eigenvalue weighted by atomic mass is 9.65. The average molecular weight is 387 g/mol. The molecule has 0 aliphatic heterocycles. The lowest BCUT2D eigenvalue weighted by Gasteiger charge is -2.51. The molecule has 3 atom stereocenters. The Hall–Kier alpha value is -0.160. The zero-order valence-corrected chi connectivity index (χ0v) is 19.6. The highest BCUT2D eigenvalue weighted by atomic mass is 17.3. The lowest BCUT2D eigenvalue weighted by Crippen LogP contribution is -2.57. The van der Waals surface area contributed by atoms with Crippen LogP contribution in [0.3, 0.4) is 0 Å². The first-order valence-corrected chi connectivity index (χ1v) is 11.3. The number of rotatable bonds is 12. The molecule has 0 aromatic carbocycles. The largest absolute Gasteiger partial charge is 0.239 e. The predicted molar refractivity (Wildman–Crippen MR) is 111 cm³/mol. The lowest BCUT2D eigenvalue weighted by molar-refractivity contribution is -0.573. The Kier molecular flexibility index (Phi) is 9.26. The Morgan fingerprint density at radius 2 is 1.30 bits per heavy atom. The van der Waals surface area contributed by atoms with Gasteiger partial charge < -0.3 is 0 Å². The molecule has 162 valence electrons. The second-order valence-electron chi connectivity index (χ2n) is 9.71. The zero-order chi connectivity index (χ0) is 20.8. The Labute approximate surface area is 168 Å². The topological polar surface area (TPSA) is 36.9 Å². The summed E-state index contributed by atoms with van der Waals surface area (Å²) in [6, 6.07) is 0. The van der Waals surface area contributed by atoms with Gasteiger partial charge in [-0.2, -0.15) is 9.78 Å². The monoisotopic (exact) mass is 386 g/mol. The first-order valence-electron chi connectivity index (χ1n) is 11.3. The highest BCUT2D eigenvalue weighted by Gasteiger charge is 2.56. The molecule has 4 heteroatoms. The van der Waals surface area contributed by atoms with Gasteiger partial charge in [-0.05, 0) is 58.3 Å². The van der Waals surface area contributed by atoms with Crippen LogP contribution in [0, 0.1) is 11.3 Å². The maximum atomic E-state index is 6.24. The maximum Gasteiger partial charge on any atom is 0.239 e. The van der Waals surface area contributed by atoms with Crippen LogP contribution in [-0.2, 0) is 19.6 Å². The minimum absolute atomic E-state index is 0.215. The Bertz CT molecular complexity index is 412. The third-order valence-corrected chi connectivity index (χ3v) is 7.17. The van der Waals surface area contributed by atoms with E-state index in [-0.39, 0.29) is 16.6 Å². The van der Waals surface area contributed by atoms with Gasteiger partial charge in [-0.3, -0.25) is 0 Å². The van der Waals surface area contributed by atoms with Crippen molar-refractivity contribution in [2.75, 3.05) is 0 Å². The van der Waals surface area contributed by atoms with Crippen LogP contribution in [0.2, 0.25) is 0 Å². The van der Waals surface area contributed by atoms with Crippen molar-refractivity contribution < 1.29 is 19.6 Å². The molecule has 1 aliphatic rings. The van der Waals surface area contributed by atoms with Crippen molar-refractivity contribution >= 4 is 0 Å². The molecule has 0 aromatic rings. The summed E-state index contributed by atoms with van der Waals surface area (Å²) >= 11 is 0. The summed E-state index contributed by atoms with van der Waals surface area (Å²) in [4.78, 5) is 24.7. The van der Waals surface area contributed by atoms with Crippen LogP contribution in [0.15, 0.2) is 0 Å². The van der Waals surface area contributed by atoms with Crippen LogP contribution < -0.4 is 0 Å². The van der Waals surface area contributed by atoms with Gasteiger partial charge in [0.15, 0.2) is 0 Å². The predicted octanol–water partition coefficient (Wildman–Crippen LogP) is 7.36. The minimum atomic E-state index is -0.890. The van der Waals surface area contributed by atoms with Gasteiger partial charge in [0.25, 0.3) is 0 Å². The molecule has 0 N–H and O–H groups in total. The van der Waals surface area contributed by atoms with Crippen molar-refractivity contribution in [1.82, 2.24) is 0 Å². The smallest absolute Gasteiger partial charge is 0.227 e. The summed E-state index contributed by atoms with van der Waals surface area (Å²) in [5, 5.41) is 0. The first-order chi connectivity index (χ1) is 12.5. The molecule has 0 amide bonds. The third-order valence-electron chi connectivity index (χ3n) is 7.17. The van der Waals surface area contributed by atoms with E-state index in [0.717, 1.165) is 51.4 Å². The van der Waals surface area contributed by atoms with Gasteiger partial charge in [-0.1, -0.05) is 61.3 Å². The molecule has 0 saturated heterocycles.